The molecular formula is C15H12FN3O2. The van der Waals surface area contributed by atoms with Crippen LogP contribution >= 0.6 is 0 Å². The summed E-state index contributed by atoms with van der Waals surface area (Å²) >= 11 is 0. The second kappa shape index (κ2) is 5.24. The van der Waals surface area contributed by atoms with Gasteiger partial charge >= 0.3 is 0 Å². The summed E-state index contributed by atoms with van der Waals surface area (Å²) in [6.07, 6.45) is 1.43. The van der Waals surface area contributed by atoms with Crippen molar-refractivity contribution in [2.24, 2.45) is 0 Å². The van der Waals surface area contributed by atoms with Crippen molar-refractivity contribution < 1.29 is 13.6 Å². The summed E-state index contributed by atoms with van der Waals surface area (Å²) < 4.78 is 19.6. The Balaban J connectivity index is 1.92. The molecule has 0 saturated heterocycles. The van der Waals surface area contributed by atoms with Gasteiger partial charge in [0.25, 0.3) is 5.91 Å². The number of hydrogen-bond donors (Lipinski definition) is 1. The number of nitrogens with zero attached hydrogens (tertiary/aromatic N) is 2. The first-order valence-corrected chi connectivity index (χ1v) is 6.31. The van der Waals surface area contributed by atoms with E-state index in [1.165, 1.54) is 23.1 Å². The molecule has 1 amide bonds. The molecular weight excluding hydrogens is 273 g/mol. The van der Waals surface area contributed by atoms with Crippen molar-refractivity contribution in [1.29, 1.82) is 0 Å². The minimum absolute atomic E-state index is 0.208. The Morgan fingerprint density at radius 1 is 1.29 bits per heavy atom. The van der Waals surface area contributed by atoms with E-state index in [4.69, 9.17) is 4.42 Å². The number of carbonyl (C=O) groups excluding carboxylic acids is 1. The lowest BCUT2D eigenvalue weighted by Gasteiger charge is -2.07. The molecule has 1 aromatic carbocycles. The largest absolute Gasteiger partial charge is 0.459 e. The topological polar surface area (TPSA) is 60.1 Å². The molecule has 0 spiro atoms. The molecule has 21 heavy (non-hydrogen) atoms. The van der Waals surface area contributed by atoms with Crippen LogP contribution in [0.25, 0.3) is 5.69 Å². The maximum Gasteiger partial charge on any atom is 0.292 e. The van der Waals surface area contributed by atoms with E-state index < -0.39 is 0 Å². The smallest absolute Gasteiger partial charge is 0.292 e. The normalized spacial score (nSPS) is 10.6. The predicted octanol–water partition coefficient (Wildman–Crippen LogP) is 3.17. The lowest BCUT2D eigenvalue weighted by Crippen LogP contribution is -2.14. The maximum absolute atomic E-state index is 13.0. The number of benzene rings is 1. The fraction of sp³-hybridized carbons (Fsp3) is 0.0667. The van der Waals surface area contributed by atoms with E-state index in [0.717, 1.165) is 5.69 Å². The van der Waals surface area contributed by atoms with Crippen molar-refractivity contribution in [3.8, 4) is 5.69 Å². The van der Waals surface area contributed by atoms with Crippen LogP contribution in [0.2, 0.25) is 0 Å². The first kappa shape index (κ1) is 13.1. The lowest BCUT2D eigenvalue weighted by atomic mass is 10.3. The van der Waals surface area contributed by atoms with Gasteiger partial charge in [-0.25, -0.2) is 9.07 Å². The fourth-order valence-corrected chi connectivity index (χ4v) is 1.95. The van der Waals surface area contributed by atoms with Crippen molar-refractivity contribution >= 4 is 11.7 Å². The standard InChI is InChI=1S/C15H12FN3O2/c1-10-9-14(17-15(20)13-3-2-8-21-13)19(18-10)12-6-4-11(16)5-7-12/h2-9H,1H3,(H,17,20). The molecule has 6 heteroatoms. The summed E-state index contributed by atoms with van der Waals surface area (Å²) in [6.45, 7) is 1.81. The van der Waals surface area contributed by atoms with Gasteiger partial charge in [-0.1, -0.05) is 0 Å². The van der Waals surface area contributed by atoms with Gasteiger partial charge in [0, 0.05) is 6.07 Å². The Kier molecular flexibility index (Phi) is 3.27. The van der Waals surface area contributed by atoms with Crippen molar-refractivity contribution in [3.63, 3.8) is 0 Å². The number of aryl methyl sites for hydroxylation is 1. The molecule has 3 aromatic rings. The number of anilines is 1. The Hall–Kier alpha value is -2.89. The minimum Gasteiger partial charge on any atom is -0.459 e. The molecule has 0 aliphatic rings. The summed E-state index contributed by atoms with van der Waals surface area (Å²) in [6, 6.07) is 10.8. The van der Waals surface area contributed by atoms with Gasteiger partial charge in [0.05, 0.1) is 17.6 Å². The predicted molar refractivity (Wildman–Crippen MR) is 74.9 cm³/mol. The van der Waals surface area contributed by atoms with E-state index in [2.05, 4.69) is 10.4 Å². The monoisotopic (exact) mass is 285 g/mol. The first-order chi connectivity index (χ1) is 10.1. The molecule has 0 aliphatic carbocycles. The number of hydrogen-bond acceptors (Lipinski definition) is 3. The number of nitrogens with one attached hydrogen (secondary N) is 1. The Morgan fingerprint density at radius 3 is 2.71 bits per heavy atom. The van der Waals surface area contributed by atoms with Crippen LogP contribution in [-0.2, 0) is 0 Å². The number of halogens is 1. The summed E-state index contributed by atoms with van der Waals surface area (Å²) in [4.78, 5) is 12.0. The average molecular weight is 285 g/mol. The SMILES string of the molecule is Cc1cc(NC(=O)c2ccco2)n(-c2ccc(F)cc2)n1. The van der Waals surface area contributed by atoms with Gasteiger partial charge in [0.1, 0.15) is 11.6 Å². The second-order valence-corrected chi connectivity index (χ2v) is 4.49. The Labute approximate surface area is 120 Å². The van der Waals surface area contributed by atoms with E-state index in [1.54, 1.807) is 30.3 Å². The number of furan rings is 1. The maximum atomic E-state index is 13.0. The zero-order valence-electron chi connectivity index (χ0n) is 11.2. The van der Waals surface area contributed by atoms with Gasteiger partial charge in [-0.3, -0.25) is 4.79 Å². The molecule has 0 bridgehead atoms. The molecule has 0 aliphatic heterocycles. The summed E-state index contributed by atoms with van der Waals surface area (Å²) in [7, 11) is 0. The van der Waals surface area contributed by atoms with Gasteiger partial charge in [-0.15, -0.1) is 0 Å². The lowest BCUT2D eigenvalue weighted by molar-refractivity contribution is 0.0996. The molecule has 1 N–H and O–H groups in total. The van der Waals surface area contributed by atoms with Crippen LogP contribution in [0.5, 0.6) is 0 Å². The van der Waals surface area contributed by atoms with Gasteiger partial charge < -0.3 is 9.73 Å². The van der Waals surface area contributed by atoms with E-state index in [0.29, 0.717) is 11.5 Å². The molecule has 2 aromatic heterocycles. The zero-order chi connectivity index (χ0) is 14.8. The van der Waals surface area contributed by atoms with Crippen LogP contribution in [0.4, 0.5) is 10.2 Å². The molecule has 0 radical (unpaired) electrons. The summed E-state index contributed by atoms with van der Waals surface area (Å²) in [5.41, 5.74) is 1.38. The number of rotatable bonds is 3. The van der Waals surface area contributed by atoms with E-state index in [9.17, 15) is 9.18 Å². The van der Waals surface area contributed by atoms with E-state index in [-0.39, 0.29) is 17.5 Å². The van der Waals surface area contributed by atoms with Crippen molar-refractivity contribution in [3.05, 3.63) is 66.0 Å². The van der Waals surface area contributed by atoms with Gasteiger partial charge in [0.2, 0.25) is 0 Å². The number of carbonyl (C=O) groups is 1. The van der Waals surface area contributed by atoms with Crippen molar-refractivity contribution in [2.75, 3.05) is 5.32 Å². The Morgan fingerprint density at radius 2 is 2.05 bits per heavy atom. The third kappa shape index (κ3) is 2.69. The van der Waals surface area contributed by atoms with Crippen LogP contribution in [0.1, 0.15) is 16.2 Å². The highest BCUT2D eigenvalue weighted by atomic mass is 19.1. The molecule has 3 rings (SSSR count). The molecule has 106 valence electrons. The molecule has 5 nitrogen and oxygen atoms in total. The van der Waals surface area contributed by atoms with Crippen LogP contribution in [0, 0.1) is 12.7 Å². The third-order valence-electron chi connectivity index (χ3n) is 2.89. The fourth-order valence-electron chi connectivity index (χ4n) is 1.95. The van der Waals surface area contributed by atoms with Crippen LogP contribution in [0.15, 0.2) is 53.1 Å². The summed E-state index contributed by atoms with van der Waals surface area (Å²) in [5, 5.41) is 7.01. The van der Waals surface area contributed by atoms with Gasteiger partial charge in [-0.05, 0) is 43.3 Å². The third-order valence-corrected chi connectivity index (χ3v) is 2.89. The molecule has 0 unspecified atom stereocenters. The first-order valence-electron chi connectivity index (χ1n) is 6.31. The summed E-state index contributed by atoms with van der Waals surface area (Å²) in [5.74, 6) is -0.00733. The quantitative estimate of drug-likeness (QED) is 0.804. The second-order valence-electron chi connectivity index (χ2n) is 4.49. The highest BCUT2D eigenvalue weighted by Gasteiger charge is 2.14. The van der Waals surface area contributed by atoms with Crippen LogP contribution in [-0.4, -0.2) is 15.7 Å². The minimum atomic E-state index is -0.372. The number of aromatic nitrogens is 2. The number of amides is 1. The zero-order valence-corrected chi connectivity index (χ0v) is 11.2. The molecule has 0 atom stereocenters. The van der Waals surface area contributed by atoms with Gasteiger partial charge in [-0.2, -0.15) is 5.10 Å². The van der Waals surface area contributed by atoms with Crippen LogP contribution in [0.3, 0.4) is 0 Å². The van der Waals surface area contributed by atoms with Crippen LogP contribution < -0.4 is 5.32 Å². The van der Waals surface area contributed by atoms with E-state index >= 15 is 0 Å². The van der Waals surface area contributed by atoms with E-state index in [1.807, 2.05) is 6.92 Å². The van der Waals surface area contributed by atoms with Gasteiger partial charge in [0.15, 0.2) is 5.76 Å². The molecule has 2 heterocycles. The van der Waals surface area contributed by atoms with Crippen molar-refractivity contribution in [2.45, 2.75) is 6.92 Å². The highest BCUT2D eigenvalue weighted by Crippen LogP contribution is 2.18. The highest BCUT2D eigenvalue weighted by molar-refractivity contribution is 6.01. The van der Waals surface area contributed by atoms with Crippen molar-refractivity contribution in [1.82, 2.24) is 9.78 Å². The Bertz CT molecular complexity index is 761. The molecule has 0 saturated carbocycles. The average Bonchev–Trinajstić information content (AvgIpc) is 3.09. The molecule has 0 fully saturated rings.